The van der Waals surface area contributed by atoms with Crippen molar-refractivity contribution < 1.29 is 9.53 Å². The highest BCUT2D eigenvalue weighted by Gasteiger charge is 2.28. The van der Waals surface area contributed by atoms with Crippen molar-refractivity contribution >= 4 is 23.2 Å². The number of nitrogens with zero attached hydrogens (tertiary/aromatic N) is 2. The maximum atomic E-state index is 13.0. The Balaban J connectivity index is 1.61. The van der Waals surface area contributed by atoms with Crippen LogP contribution in [0.25, 0.3) is 0 Å². The van der Waals surface area contributed by atoms with Crippen LogP contribution in [0.1, 0.15) is 24.5 Å². The van der Waals surface area contributed by atoms with E-state index in [0.29, 0.717) is 19.5 Å². The summed E-state index contributed by atoms with van der Waals surface area (Å²) >= 11 is 6.10. The summed E-state index contributed by atoms with van der Waals surface area (Å²) in [6, 6.07) is 13.9. The minimum Gasteiger partial charge on any atom is -0.481 e. The number of hydrogen-bond donors (Lipinski definition) is 0. The van der Waals surface area contributed by atoms with E-state index in [-0.39, 0.29) is 5.91 Å². The predicted octanol–water partition coefficient (Wildman–Crippen LogP) is 4.46. The third-order valence-electron chi connectivity index (χ3n) is 4.88. The van der Waals surface area contributed by atoms with Crippen LogP contribution in [0.4, 0.5) is 5.69 Å². The molecule has 4 nitrogen and oxygen atoms in total. The van der Waals surface area contributed by atoms with E-state index in [9.17, 15) is 4.79 Å². The first-order chi connectivity index (χ1) is 13.0. The van der Waals surface area contributed by atoms with Gasteiger partial charge in [-0.3, -0.25) is 4.79 Å². The van der Waals surface area contributed by atoms with E-state index in [2.05, 4.69) is 17.0 Å². The summed E-state index contributed by atoms with van der Waals surface area (Å²) < 4.78 is 6.05. The number of carbonyl (C=O) groups excluding carboxylic acids is 1. The summed E-state index contributed by atoms with van der Waals surface area (Å²) in [5.74, 6) is 0.840. The molecule has 0 N–H and O–H groups in total. The summed E-state index contributed by atoms with van der Waals surface area (Å²) in [6.45, 7) is 9.05. The maximum Gasteiger partial charge on any atom is 0.263 e. The molecule has 0 aliphatic carbocycles. The van der Waals surface area contributed by atoms with Crippen molar-refractivity contribution in [3.63, 3.8) is 0 Å². The molecule has 1 saturated heterocycles. The summed E-state index contributed by atoms with van der Waals surface area (Å²) in [5.41, 5.74) is 3.39. The van der Waals surface area contributed by atoms with Crippen molar-refractivity contribution in [2.24, 2.45) is 0 Å². The highest BCUT2D eigenvalue weighted by molar-refractivity contribution is 6.30. The molecule has 1 aliphatic heterocycles. The van der Waals surface area contributed by atoms with Crippen LogP contribution in [0.3, 0.4) is 0 Å². The third-order valence-corrected chi connectivity index (χ3v) is 5.12. The molecule has 1 heterocycles. The normalized spacial score (nSPS) is 15.6. The van der Waals surface area contributed by atoms with Gasteiger partial charge in [0.25, 0.3) is 5.91 Å². The topological polar surface area (TPSA) is 32.8 Å². The first kappa shape index (κ1) is 19.6. The maximum absolute atomic E-state index is 13.0. The molecule has 0 saturated carbocycles. The zero-order valence-electron chi connectivity index (χ0n) is 16.2. The molecular weight excluding hydrogens is 360 g/mol. The van der Waals surface area contributed by atoms with E-state index in [1.54, 1.807) is 0 Å². The smallest absolute Gasteiger partial charge is 0.263 e. The Kier molecular flexibility index (Phi) is 6.27. The molecule has 1 fully saturated rings. The minimum atomic E-state index is -0.441. The van der Waals surface area contributed by atoms with Gasteiger partial charge in [-0.15, -0.1) is 0 Å². The molecule has 0 aromatic heterocycles. The van der Waals surface area contributed by atoms with E-state index in [1.807, 2.05) is 56.0 Å². The van der Waals surface area contributed by atoms with Crippen LogP contribution in [-0.4, -0.2) is 43.1 Å². The lowest BCUT2D eigenvalue weighted by molar-refractivity contribution is -0.139. The molecule has 27 heavy (non-hydrogen) atoms. The first-order valence-electron chi connectivity index (χ1n) is 9.50. The van der Waals surface area contributed by atoms with Crippen molar-refractivity contribution in [3.05, 3.63) is 58.6 Å². The Morgan fingerprint density at radius 1 is 1.07 bits per heavy atom. The van der Waals surface area contributed by atoms with Crippen LogP contribution in [0.2, 0.25) is 5.02 Å². The Morgan fingerprint density at radius 2 is 1.74 bits per heavy atom. The second-order valence-corrected chi connectivity index (χ2v) is 7.57. The average Bonchev–Trinajstić information content (AvgIpc) is 2.65. The number of rotatable bonds is 5. The van der Waals surface area contributed by atoms with Crippen molar-refractivity contribution in [1.29, 1.82) is 0 Å². The number of anilines is 1. The molecule has 5 heteroatoms. The average molecular weight is 387 g/mol. The molecule has 1 unspecified atom stereocenters. The van der Waals surface area contributed by atoms with Crippen LogP contribution in [-0.2, 0) is 4.79 Å². The second kappa shape index (κ2) is 8.66. The summed E-state index contributed by atoms with van der Waals surface area (Å²) in [7, 11) is 0. The standard InChI is InChI=1S/C22H27ClN2O2/c1-4-21(27-20-13-16(2)12-17(3)14-20)22(26)25-10-8-24(9-11-25)19-7-5-6-18(23)15-19/h5-7,12-15,21H,4,8-11H2,1-3H3. The van der Waals surface area contributed by atoms with Crippen molar-refractivity contribution in [1.82, 2.24) is 4.90 Å². The van der Waals surface area contributed by atoms with E-state index >= 15 is 0 Å². The quantitative estimate of drug-likeness (QED) is 0.760. The van der Waals surface area contributed by atoms with E-state index < -0.39 is 6.10 Å². The van der Waals surface area contributed by atoms with Gasteiger partial charge in [-0.05, 0) is 61.7 Å². The molecule has 2 aromatic carbocycles. The monoisotopic (exact) mass is 386 g/mol. The molecule has 1 atom stereocenters. The van der Waals surface area contributed by atoms with Gasteiger partial charge in [0, 0.05) is 36.9 Å². The number of aryl methyl sites for hydroxylation is 2. The molecular formula is C22H27ClN2O2. The fourth-order valence-corrected chi connectivity index (χ4v) is 3.72. The van der Waals surface area contributed by atoms with Gasteiger partial charge in [-0.2, -0.15) is 0 Å². The third kappa shape index (κ3) is 4.95. The molecule has 0 spiro atoms. The van der Waals surface area contributed by atoms with Gasteiger partial charge in [0.05, 0.1) is 0 Å². The second-order valence-electron chi connectivity index (χ2n) is 7.13. The Labute approximate surface area is 166 Å². The highest BCUT2D eigenvalue weighted by Crippen LogP contribution is 2.22. The number of halogens is 1. The van der Waals surface area contributed by atoms with E-state index in [4.69, 9.17) is 16.3 Å². The fraction of sp³-hybridized carbons (Fsp3) is 0.409. The molecule has 3 rings (SSSR count). The lowest BCUT2D eigenvalue weighted by atomic mass is 10.1. The number of carbonyl (C=O) groups is 1. The predicted molar refractivity (Wildman–Crippen MR) is 111 cm³/mol. The van der Waals surface area contributed by atoms with Crippen molar-refractivity contribution in [2.75, 3.05) is 31.1 Å². The lowest BCUT2D eigenvalue weighted by Gasteiger charge is -2.37. The molecule has 0 radical (unpaired) electrons. The zero-order valence-corrected chi connectivity index (χ0v) is 17.0. The molecule has 1 aliphatic rings. The van der Waals surface area contributed by atoms with Crippen molar-refractivity contribution in [3.8, 4) is 5.75 Å². The number of benzene rings is 2. The molecule has 2 aromatic rings. The van der Waals surface area contributed by atoms with E-state index in [1.165, 1.54) is 0 Å². The largest absolute Gasteiger partial charge is 0.481 e. The van der Waals surface area contributed by atoms with Gasteiger partial charge >= 0.3 is 0 Å². The first-order valence-corrected chi connectivity index (χ1v) is 9.88. The zero-order chi connectivity index (χ0) is 19.4. The van der Waals surface area contributed by atoms with Gasteiger partial charge in [-0.25, -0.2) is 0 Å². The molecule has 1 amide bonds. The lowest BCUT2D eigenvalue weighted by Crippen LogP contribution is -2.52. The SMILES string of the molecule is CCC(Oc1cc(C)cc(C)c1)C(=O)N1CCN(c2cccc(Cl)c2)CC1. The Hall–Kier alpha value is -2.20. The Bertz CT molecular complexity index is 780. The molecule has 0 bridgehead atoms. The van der Waals surface area contributed by atoms with Gasteiger partial charge in [0.1, 0.15) is 5.75 Å². The van der Waals surface area contributed by atoms with Crippen LogP contribution in [0.15, 0.2) is 42.5 Å². The summed E-state index contributed by atoms with van der Waals surface area (Å²) in [6.07, 6.45) is 0.212. The van der Waals surface area contributed by atoms with Gasteiger partial charge < -0.3 is 14.5 Å². The highest BCUT2D eigenvalue weighted by atomic mass is 35.5. The number of amides is 1. The fourth-order valence-electron chi connectivity index (χ4n) is 3.54. The number of piperazine rings is 1. The number of ether oxygens (including phenoxy) is 1. The van der Waals surface area contributed by atoms with Gasteiger partial charge in [0.2, 0.25) is 0 Å². The Morgan fingerprint density at radius 3 is 2.33 bits per heavy atom. The van der Waals surface area contributed by atoms with Crippen LogP contribution >= 0.6 is 11.6 Å². The minimum absolute atomic E-state index is 0.0717. The molecule has 144 valence electrons. The van der Waals surface area contributed by atoms with Gasteiger partial charge in [-0.1, -0.05) is 30.7 Å². The van der Waals surface area contributed by atoms with Crippen LogP contribution < -0.4 is 9.64 Å². The van der Waals surface area contributed by atoms with E-state index in [0.717, 1.165) is 40.7 Å². The van der Waals surface area contributed by atoms with Crippen LogP contribution in [0.5, 0.6) is 5.75 Å². The van der Waals surface area contributed by atoms with Crippen molar-refractivity contribution in [2.45, 2.75) is 33.3 Å². The summed E-state index contributed by atoms with van der Waals surface area (Å²) in [5, 5.41) is 0.735. The summed E-state index contributed by atoms with van der Waals surface area (Å²) in [4.78, 5) is 17.1. The van der Waals surface area contributed by atoms with Crippen LogP contribution in [0, 0.1) is 13.8 Å². The van der Waals surface area contributed by atoms with Gasteiger partial charge in [0.15, 0.2) is 6.10 Å². The number of hydrogen-bond acceptors (Lipinski definition) is 3.